The molecule has 1 aliphatic carbocycles. The molecule has 0 spiro atoms. The fraction of sp³-hybridized carbons (Fsp3) is 0.360. The summed E-state index contributed by atoms with van der Waals surface area (Å²) in [6.45, 7) is -0.328. The van der Waals surface area contributed by atoms with Gasteiger partial charge in [0.15, 0.2) is 6.10 Å². The maximum absolute atomic E-state index is 12.8. The topological polar surface area (TPSA) is 125 Å². The Morgan fingerprint density at radius 2 is 1.69 bits per heavy atom. The quantitative estimate of drug-likeness (QED) is 0.582. The zero-order chi connectivity index (χ0) is 24.9. The second-order valence-electron chi connectivity index (χ2n) is 8.40. The standard InChI is InChI=1S/C25H27N3O7/c1-34-21(24(32)28-11-10-27(14-23(30)31)22(29)13-28)12-26-25(33)35-15-20-18-8-4-2-6-16(18)17-7-3-5-9-19(17)20/h2-9,20-21H,10-15H2,1H3,(H,26,33)(H,30,31). The summed E-state index contributed by atoms with van der Waals surface area (Å²) >= 11 is 0. The minimum atomic E-state index is -1.11. The molecule has 2 aromatic carbocycles. The van der Waals surface area contributed by atoms with Crippen LogP contribution in [0.4, 0.5) is 4.79 Å². The Bertz CT molecular complexity index is 1090. The van der Waals surface area contributed by atoms with E-state index in [1.54, 1.807) is 0 Å². The third-order valence-electron chi connectivity index (χ3n) is 6.29. The van der Waals surface area contributed by atoms with Crippen LogP contribution in [0.15, 0.2) is 48.5 Å². The number of carboxylic acids is 1. The molecule has 2 aliphatic rings. The number of aliphatic carboxylic acids is 1. The van der Waals surface area contributed by atoms with Gasteiger partial charge in [-0.2, -0.15) is 0 Å². The van der Waals surface area contributed by atoms with Crippen LogP contribution in [0.3, 0.4) is 0 Å². The Labute approximate surface area is 202 Å². The van der Waals surface area contributed by atoms with Crippen LogP contribution in [0.5, 0.6) is 0 Å². The van der Waals surface area contributed by atoms with E-state index in [1.165, 1.54) is 16.9 Å². The molecule has 3 amide bonds. The number of ether oxygens (including phenoxy) is 2. The van der Waals surface area contributed by atoms with Gasteiger partial charge in [-0.3, -0.25) is 14.4 Å². The number of amides is 3. The van der Waals surface area contributed by atoms with Crippen LogP contribution in [-0.4, -0.2) is 91.3 Å². The van der Waals surface area contributed by atoms with E-state index < -0.39 is 36.5 Å². The van der Waals surface area contributed by atoms with Crippen molar-refractivity contribution in [1.29, 1.82) is 0 Å². The van der Waals surface area contributed by atoms with Gasteiger partial charge in [0.1, 0.15) is 13.2 Å². The van der Waals surface area contributed by atoms with Gasteiger partial charge in [-0.25, -0.2) is 4.79 Å². The summed E-state index contributed by atoms with van der Waals surface area (Å²) in [5.74, 6) is -2.11. The van der Waals surface area contributed by atoms with Crippen molar-refractivity contribution in [1.82, 2.24) is 15.1 Å². The molecule has 0 bridgehead atoms. The highest BCUT2D eigenvalue weighted by atomic mass is 16.5. The van der Waals surface area contributed by atoms with Gasteiger partial charge in [-0.05, 0) is 22.3 Å². The molecule has 2 aromatic rings. The van der Waals surface area contributed by atoms with Crippen molar-refractivity contribution in [3.63, 3.8) is 0 Å². The minimum absolute atomic E-state index is 0.0823. The number of alkyl carbamates (subject to hydrolysis) is 1. The van der Waals surface area contributed by atoms with Gasteiger partial charge >= 0.3 is 12.1 Å². The normalized spacial score (nSPS) is 15.9. The average Bonchev–Trinajstić information content (AvgIpc) is 3.17. The molecule has 0 radical (unpaired) electrons. The van der Waals surface area contributed by atoms with Crippen LogP contribution >= 0.6 is 0 Å². The van der Waals surface area contributed by atoms with Gasteiger partial charge in [-0.15, -0.1) is 0 Å². The van der Waals surface area contributed by atoms with Crippen molar-refractivity contribution in [3.05, 3.63) is 59.7 Å². The third kappa shape index (κ3) is 5.27. The van der Waals surface area contributed by atoms with Gasteiger partial charge in [0.2, 0.25) is 5.91 Å². The number of nitrogens with one attached hydrogen (secondary N) is 1. The van der Waals surface area contributed by atoms with Crippen molar-refractivity contribution < 1.29 is 33.8 Å². The van der Waals surface area contributed by atoms with Gasteiger partial charge in [-0.1, -0.05) is 48.5 Å². The molecule has 1 fully saturated rings. The molecule has 1 unspecified atom stereocenters. The highest BCUT2D eigenvalue weighted by molar-refractivity contribution is 5.90. The Kier molecular flexibility index (Phi) is 7.31. The van der Waals surface area contributed by atoms with Crippen LogP contribution in [0.2, 0.25) is 0 Å². The van der Waals surface area contributed by atoms with Gasteiger partial charge in [0.05, 0.1) is 13.1 Å². The van der Waals surface area contributed by atoms with E-state index >= 15 is 0 Å². The largest absolute Gasteiger partial charge is 0.480 e. The lowest BCUT2D eigenvalue weighted by Gasteiger charge is -2.34. The van der Waals surface area contributed by atoms with E-state index in [0.717, 1.165) is 22.3 Å². The van der Waals surface area contributed by atoms with E-state index in [1.807, 2.05) is 36.4 Å². The fourth-order valence-corrected chi connectivity index (χ4v) is 4.53. The third-order valence-corrected chi connectivity index (χ3v) is 6.29. The first-order valence-corrected chi connectivity index (χ1v) is 11.3. The second kappa shape index (κ2) is 10.6. The number of nitrogens with zero attached hydrogens (tertiary/aromatic N) is 2. The summed E-state index contributed by atoms with van der Waals surface area (Å²) in [6, 6.07) is 16.0. The summed E-state index contributed by atoms with van der Waals surface area (Å²) in [7, 11) is 1.34. The van der Waals surface area contributed by atoms with Gasteiger partial charge in [0.25, 0.3) is 5.91 Å². The molecular weight excluding hydrogens is 454 g/mol. The Hall–Kier alpha value is -3.92. The first-order valence-electron chi connectivity index (χ1n) is 11.3. The van der Waals surface area contributed by atoms with Crippen LogP contribution in [-0.2, 0) is 23.9 Å². The highest BCUT2D eigenvalue weighted by Crippen LogP contribution is 2.44. The van der Waals surface area contributed by atoms with Crippen molar-refractivity contribution in [2.45, 2.75) is 12.0 Å². The van der Waals surface area contributed by atoms with E-state index in [0.29, 0.717) is 0 Å². The fourth-order valence-electron chi connectivity index (χ4n) is 4.53. The summed E-state index contributed by atoms with van der Waals surface area (Å²) in [6.07, 6.45) is -1.68. The molecule has 35 heavy (non-hydrogen) atoms. The molecule has 4 rings (SSSR count). The number of piperazine rings is 1. The number of carbonyl (C=O) groups excluding carboxylic acids is 3. The van der Waals surface area contributed by atoms with Crippen LogP contribution in [0.25, 0.3) is 11.1 Å². The number of benzene rings is 2. The monoisotopic (exact) mass is 481 g/mol. The van der Waals surface area contributed by atoms with Crippen LogP contribution in [0, 0.1) is 0 Å². The van der Waals surface area contributed by atoms with Crippen molar-refractivity contribution in [3.8, 4) is 11.1 Å². The molecular formula is C25H27N3O7. The maximum atomic E-state index is 12.8. The van der Waals surface area contributed by atoms with E-state index in [-0.39, 0.29) is 38.7 Å². The lowest BCUT2D eigenvalue weighted by molar-refractivity contribution is -0.154. The molecule has 10 heteroatoms. The second-order valence-corrected chi connectivity index (χ2v) is 8.40. The predicted molar refractivity (Wildman–Crippen MR) is 125 cm³/mol. The van der Waals surface area contributed by atoms with E-state index in [2.05, 4.69) is 17.4 Å². The number of carboxylic acid groups (broad SMARTS) is 1. The SMILES string of the molecule is COC(CNC(=O)OCC1c2ccccc2-c2ccccc21)C(=O)N1CCN(CC(=O)O)C(=O)C1. The summed E-state index contributed by atoms with van der Waals surface area (Å²) in [5.41, 5.74) is 4.44. The van der Waals surface area contributed by atoms with Crippen LogP contribution < -0.4 is 5.32 Å². The lowest BCUT2D eigenvalue weighted by Crippen LogP contribution is -2.56. The summed E-state index contributed by atoms with van der Waals surface area (Å²) in [5, 5.41) is 11.4. The number of rotatable bonds is 8. The number of carbonyl (C=O) groups is 4. The van der Waals surface area contributed by atoms with Crippen molar-refractivity contribution in [2.24, 2.45) is 0 Å². The van der Waals surface area contributed by atoms with Crippen molar-refractivity contribution in [2.75, 3.05) is 46.4 Å². The number of fused-ring (bicyclic) bond motifs is 3. The van der Waals surface area contributed by atoms with Crippen molar-refractivity contribution >= 4 is 23.9 Å². The summed E-state index contributed by atoms with van der Waals surface area (Å²) < 4.78 is 10.7. The molecule has 184 valence electrons. The van der Waals surface area contributed by atoms with E-state index in [4.69, 9.17) is 14.6 Å². The average molecular weight is 482 g/mol. The zero-order valence-corrected chi connectivity index (χ0v) is 19.3. The highest BCUT2D eigenvalue weighted by Gasteiger charge is 2.33. The smallest absolute Gasteiger partial charge is 0.407 e. The minimum Gasteiger partial charge on any atom is -0.480 e. The Morgan fingerprint density at radius 1 is 1.06 bits per heavy atom. The first-order chi connectivity index (χ1) is 16.9. The van der Waals surface area contributed by atoms with E-state index in [9.17, 15) is 19.2 Å². The van der Waals surface area contributed by atoms with Crippen LogP contribution in [0.1, 0.15) is 17.0 Å². The van der Waals surface area contributed by atoms with Gasteiger partial charge < -0.3 is 29.7 Å². The summed E-state index contributed by atoms with van der Waals surface area (Å²) in [4.78, 5) is 50.7. The Morgan fingerprint density at radius 3 is 2.26 bits per heavy atom. The first kappa shape index (κ1) is 24.2. The Balaban J connectivity index is 1.29. The molecule has 1 saturated heterocycles. The number of hydrogen-bond acceptors (Lipinski definition) is 6. The molecule has 2 N–H and O–H groups in total. The molecule has 10 nitrogen and oxygen atoms in total. The lowest BCUT2D eigenvalue weighted by atomic mass is 9.98. The number of hydrogen-bond donors (Lipinski definition) is 2. The maximum Gasteiger partial charge on any atom is 0.407 e. The zero-order valence-electron chi connectivity index (χ0n) is 19.3. The molecule has 1 heterocycles. The van der Waals surface area contributed by atoms with Gasteiger partial charge in [0, 0.05) is 26.1 Å². The molecule has 1 atom stereocenters. The number of methoxy groups -OCH3 is 1. The predicted octanol–water partition coefficient (Wildman–Crippen LogP) is 1.30. The molecule has 1 aliphatic heterocycles. The molecule has 0 saturated carbocycles. The molecule has 0 aromatic heterocycles.